The fourth-order valence-corrected chi connectivity index (χ4v) is 3.91. The topological polar surface area (TPSA) is 100 Å². The van der Waals surface area contributed by atoms with Crippen molar-refractivity contribution in [2.45, 2.75) is 56.7 Å². The van der Waals surface area contributed by atoms with Gasteiger partial charge in [-0.15, -0.1) is 0 Å². The maximum absolute atomic E-state index is 13.0. The van der Waals surface area contributed by atoms with Crippen molar-refractivity contribution in [3.05, 3.63) is 17.5 Å². The van der Waals surface area contributed by atoms with Gasteiger partial charge in [-0.2, -0.15) is 23.3 Å². The van der Waals surface area contributed by atoms with Gasteiger partial charge in [-0.3, -0.25) is 0 Å². The second-order valence-electron chi connectivity index (χ2n) is 8.52. The van der Waals surface area contributed by atoms with E-state index in [1.165, 1.54) is 0 Å². The Kier molecular flexibility index (Phi) is 5.15. The Hall–Kier alpha value is -2.56. The summed E-state index contributed by atoms with van der Waals surface area (Å²) >= 11 is 0. The van der Waals surface area contributed by atoms with Crippen LogP contribution in [-0.4, -0.2) is 39.6 Å². The van der Waals surface area contributed by atoms with Gasteiger partial charge >= 0.3 is 6.18 Å². The molecule has 0 amide bonds. The number of nitrogen functional groups attached to an aromatic ring is 1. The number of nitrogens with two attached hydrogens (primary N) is 1. The molecular weight excluding hydrogens is 413 g/mol. The molecule has 31 heavy (non-hydrogen) atoms. The molecule has 5 rings (SSSR count). The molecule has 1 saturated heterocycles. The Bertz CT molecular complexity index is 949. The lowest BCUT2D eigenvalue weighted by Gasteiger charge is -2.27. The summed E-state index contributed by atoms with van der Waals surface area (Å²) in [4.78, 5) is 7.70. The fraction of sp³-hybridized carbons (Fsp3) is 0.650. The Labute approximate surface area is 177 Å². The molecule has 0 radical (unpaired) electrons. The zero-order valence-electron chi connectivity index (χ0n) is 17.0. The van der Waals surface area contributed by atoms with Crippen LogP contribution in [0, 0.1) is 5.92 Å². The van der Waals surface area contributed by atoms with Crippen LogP contribution in [0.5, 0.6) is 5.88 Å². The number of halogens is 3. The van der Waals surface area contributed by atoms with Crippen LogP contribution in [0.4, 0.5) is 30.6 Å². The lowest BCUT2D eigenvalue weighted by molar-refractivity contribution is -0.137. The molecule has 2 aromatic rings. The minimum atomic E-state index is -4.60. The smallest absolute Gasteiger partial charge is 0.421 e. The normalized spacial score (nSPS) is 21.8. The summed E-state index contributed by atoms with van der Waals surface area (Å²) in [5.74, 6) is 0.581. The molecule has 1 aliphatic heterocycles. The number of rotatable bonds is 7. The predicted octanol–water partition coefficient (Wildman–Crippen LogP) is 4.04. The van der Waals surface area contributed by atoms with Crippen molar-refractivity contribution in [2.75, 3.05) is 30.9 Å². The number of ether oxygens (including phenoxy) is 2. The minimum absolute atomic E-state index is 0.00499. The summed E-state index contributed by atoms with van der Waals surface area (Å²) in [6.07, 6.45) is 2.26. The average molecular weight is 438 g/mol. The number of alkyl halides is 3. The molecule has 11 heteroatoms. The molecule has 0 bridgehead atoms. The van der Waals surface area contributed by atoms with Crippen LogP contribution >= 0.6 is 0 Å². The largest absolute Gasteiger partial charge is 0.476 e. The third-order valence-corrected chi connectivity index (χ3v) is 6.12. The first kappa shape index (κ1) is 20.3. The van der Waals surface area contributed by atoms with E-state index in [0.29, 0.717) is 42.8 Å². The van der Waals surface area contributed by atoms with Gasteiger partial charge in [0.25, 0.3) is 0 Å². The Balaban J connectivity index is 1.47. The molecule has 3 N–H and O–H groups in total. The monoisotopic (exact) mass is 438 g/mol. The first-order valence-electron chi connectivity index (χ1n) is 10.7. The molecule has 0 spiro atoms. The van der Waals surface area contributed by atoms with Gasteiger partial charge in [0.1, 0.15) is 17.1 Å². The van der Waals surface area contributed by atoms with Gasteiger partial charge in [-0.05, 0) is 38.5 Å². The van der Waals surface area contributed by atoms with Crippen molar-refractivity contribution < 1.29 is 22.6 Å². The quantitative estimate of drug-likeness (QED) is 0.673. The molecule has 168 valence electrons. The van der Waals surface area contributed by atoms with Crippen molar-refractivity contribution in [3.63, 3.8) is 0 Å². The number of hydrogen-bond acceptors (Lipinski definition) is 7. The van der Waals surface area contributed by atoms with E-state index < -0.39 is 17.6 Å². The van der Waals surface area contributed by atoms with Crippen LogP contribution in [0.2, 0.25) is 0 Å². The average Bonchev–Trinajstić information content (AvgIpc) is 3.26. The SMILES string of the molecule is Nc1nc(Nc2c(C3CC3)nn(C3CCC3)c2OCC2CCOC2)ncc1C(F)(F)F. The van der Waals surface area contributed by atoms with Crippen LogP contribution in [0.3, 0.4) is 0 Å². The molecule has 1 unspecified atom stereocenters. The highest BCUT2D eigenvalue weighted by molar-refractivity contribution is 5.66. The second-order valence-corrected chi connectivity index (χ2v) is 8.52. The summed E-state index contributed by atoms with van der Waals surface area (Å²) in [5.41, 5.74) is 5.99. The Morgan fingerprint density at radius 3 is 2.61 bits per heavy atom. The van der Waals surface area contributed by atoms with Gasteiger partial charge in [0.2, 0.25) is 11.8 Å². The van der Waals surface area contributed by atoms with Crippen LogP contribution in [0.1, 0.15) is 61.7 Å². The fourth-order valence-electron chi connectivity index (χ4n) is 3.91. The molecule has 3 fully saturated rings. The van der Waals surface area contributed by atoms with Crippen LogP contribution in [-0.2, 0) is 10.9 Å². The van der Waals surface area contributed by atoms with E-state index in [1.54, 1.807) is 0 Å². The number of hydrogen-bond donors (Lipinski definition) is 2. The van der Waals surface area contributed by atoms with Gasteiger partial charge in [0.15, 0.2) is 0 Å². The van der Waals surface area contributed by atoms with Crippen molar-refractivity contribution >= 4 is 17.5 Å². The Morgan fingerprint density at radius 2 is 2.03 bits per heavy atom. The van der Waals surface area contributed by atoms with E-state index in [-0.39, 0.29) is 12.0 Å². The van der Waals surface area contributed by atoms with E-state index in [9.17, 15) is 13.2 Å². The summed E-state index contributed by atoms with van der Waals surface area (Å²) in [7, 11) is 0. The van der Waals surface area contributed by atoms with Crippen LogP contribution in [0.25, 0.3) is 0 Å². The third-order valence-electron chi connectivity index (χ3n) is 6.12. The lowest BCUT2D eigenvalue weighted by Crippen LogP contribution is -2.21. The van der Waals surface area contributed by atoms with Crippen LogP contribution < -0.4 is 15.8 Å². The molecule has 2 saturated carbocycles. The summed E-state index contributed by atoms with van der Waals surface area (Å²) in [6, 6.07) is 0.265. The summed E-state index contributed by atoms with van der Waals surface area (Å²) < 4.78 is 52.7. The van der Waals surface area contributed by atoms with Gasteiger partial charge in [0.05, 0.1) is 24.9 Å². The van der Waals surface area contributed by atoms with Gasteiger partial charge < -0.3 is 20.5 Å². The van der Waals surface area contributed by atoms with E-state index >= 15 is 0 Å². The molecular formula is C20H25F3N6O2. The highest BCUT2D eigenvalue weighted by Gasteiger charge is 2.37. The number of nitrogens with one attached hydrogen (secondary N) is 1. The van der Waals surface area contributed by atoms with Crippen molar-refractivity contribution in [1.29, 1.82) is 0 Å². The molecule has 2 aromatic heterocycles. The zero-order valence-corrected chi connectivity index (χ0v) is 17.0. The second kappa shape index (κ2) is 7.85. The molecule has 2 aliphatic carbocycles. The van der Waals surface area contributed by atoms with E-state index in [0.717, 1.165) is 50.8 Å². The van der Waals surface area contributed by atoms with E-state index in [1.807, 2.05) is 4.68 Å². The minimum Gasteiger partial charge on any atom is -0.476 e. The highest BCUT2D eigenvalue weighted by Crippen LogP contribution is 2.49. The maximum Gasteiger partial charge on any atom is 0.421 e. The first-order chi connectivity index (χ1) is 14.9. The Morgan fingerprint density at radius 1 is 1.23 bits per heavy atom. The third kappa shape index (κ3) is 4.15. The first-order valence-corrected chi connectivity index (χ1v) is 10.7. The van der Waals surface area contributed by atoms with Crippen molar-refractivity contribution in [1.82, 2.24) is 19.7 Å². The van der Waals surface area contributed by atoms with E-state index in [2.05, 4.69) is 15.3 Å². The van der Waals surface area contributed by atoms with E-state index in [4.69, 9.17) is 20.3 Å². The maximum atomic E-state index is 13.0. The highest BCUT2D eigenvalue weighted by atomic mass is 19.4. The van der Waals surface area contributed by atoms with Gasteiger partial charge in [0, 0.05) is 24.6 Å². The molecule has 1 atom stereocenters. The summed E-state index contributed by atoms with van der Waals surface area (Å²) in [6.45, 7) is 1.88. The molecule has 3 aliphatic rings. The standard InChI is InChI=1S/C20H25F3N6O2/c21-20(22,23)14-8-25-19(27-17(14)24)26-16-15(12-4-5-12)28-29(13-2-1-3-13)18(16)31-10-11-6-7-30-9-11/h8,11-13H,1-7,9-10H2,(H3,24,25,26,27). The van der Waals surface area contributed by atoms with Crippen molar-refractivity contribution in [3.8, 4) is 5.88 Å². The number of aromatic nitrogens is 4. The predicted molar refractivity (Wildman–Crippen MR) is 106 cm³/mol. The van der Waals surface area contributed by atoms with Crippen molar-refractivity contribution in [2.24, 2.45) is 5.92 Å². The van der Waals surface area contributed by atoms with Crippen LogP contribution in [0.15, 0.2) is 6.20 Å². The number of nitrogens with zero attached hydrogens (tertiary/aromatic N) is 4. The lowest BCUT2D eigenvalue weighted by atomic mass is 9.93. The number of anilines is 3. The molecule has 0 aromatic carbocycles. The molecule has 3 heterocycles. The zero-order chi connectivity index (χ0) is 21.6. The summed E-state index contributed by atoms with van der Waals surface area (Å²) in [5, 5.41) is 7.92. The van der Waals surface area contributed by atoms with Gasteiger partial charge in [-0.25, -0.2) is 9.67 Å². The molecule has 8 nitrogen and oxygen atoms in total. The van der Waals surface area contributed by atoms with Gasteiger partial charge in [-0.1, -0.05) is 0 Å².